The lowest BCUT2D eigenvalue weighted by molar-refractivity contribution is -0.157. The highest BCUT2D eigenvalue weighted by Crippen LogP contribution is 2.43. The predicted octanol–water partition coefficient (Wildman–Crippen LogP) is 9.69. The molecule has 8 heteroatoms. The van der Waals surface area contributed by atoms with E-state index in [9.17, 15) is 22.4 Å². The fraction of sp³-hybridized carbons (Fsp3) is 0.583. The number of ether oxygens (including phenoxy) is 3. The molecule has 0 aliphatic heterocycles. The van der Waals surface area contributed by atoms with Crippen molar-refractivity contribution in [2.45, 2.75) is 103 Å². The molecule has 0 spiro atoms. The number of rotatable bonds is 10. The number of carbonyl (C=O) groups is 1. The van der Waals surface area contributed by atoms with E-state index in [1.165, 1.54) is 12.1 Å². The van der Waals surface area contributed by atoms with Crippen LogP contribution in [-0.2, 0) is 9.53 Å². The average molecular weight is 617 g/mol. The summed E-state index contributed by atoms with van der Waals surface area (Å²) in [7, 11) is 0. The summed E-state index contributed by atoms with van der Waals surface area (Å²) in [5.74, 6) is -3.03. The summed E-state index contributed by atoms with van der Waals surface area (Å²) in [5, 5.41) is 0. The van der Waals surface area contributed by atoms with Crippen molar-refractivity contribution in [3.63, 3.8) is 0 Å². The molecule has 0 aromatic heterocycles. The molecular formula is C36H44F4O4. The molecule has 0 radical (unpaired) electrons. The molecule has 0 heterocycles. The van der Waals surface area contributed by atoms with Gasteiger partial charge in [-0.2, -0.15) is 8.78 Å². The van der Waals surface area contributed by atoms with Crippen LogP contribution >= 0.6 is 0 Å². The summed E-state index contributed by atoms with van der Waals surface area (Å²) in [6.45, 7) is 4.25. The summed E-state index contributed by atoms with van der Waals surface area (Å²) in [6.07, 6.45) is 11.1. The van der Waals surface area contributed by atoms with Crippen LogP contribution in [-0.4, -0.2) is 25.3 Å². The van der Waals surface area contributed by atoms with Gasteiger partial charge in [0.05, 0.1) is 19.1 Å². The molecule has 2 saturated carbocycles. The Morgan fingerprint density at radius 3 is 2.09 bits per heavy atom. The second-order valence-corrected chi connectivity index (χ2v) is 12.6. The van der Waals surface area contributed by atoms with Crippen LogP contribution in [0.2, 0.25) is 0 Å². The predicted molar refractivity (Wildman–Crippen MR) is 162 cm³/mol. The van der Waals surface area contributed by atoms with E-state index < -0.39 is 23.3 Å². The molecule has 1 atom stereocenters. The average Bonchev–Trinajstić information content (AvgIpc) is 3.05. The molecule has 5 rings (SSSR count). The molecule has 0 saturated heterocycles. The number of hydrogen-bond donors (Lipinski definition) is 0. The second-order valence-electron chi connectivity index (χ2n) is 12.6. The minimum absolute atomic E-state index is 0.0499. The first kappa shape index (κ1) is 32.4. The maximum Gasteiger partial charge on any atom is 0.309 e. The third-order valence-electron chi connectivity index (χ3n) is 9.85. The molecule has 2 fully saturated rings. The third-order valence-corrected chi connectivity index (χ3v) is 9.85. The monoisotopic (exact) mass is 616 g/mol. The van der Waals surface area contributed by atoms with Gasteiger partial charge in [-0.05, 0) is 131 Å². The minimum Gasteiger partial charge on any atom is -0.491 e. The van der Waals surface area contributed by atoms with E-state index >= 15 is 0 Å². The molecule has 2 aromatic rings. The fourth-order valence-electron chi connectivity index (χ4n) is 7.34. The Balaban J connectivity index is 1.06. The first-order valence-electron chi connectivity index (χ1n) is 16.4. The standard InChI is InChI=1S/C36H44F4O4/c1-3-21-43-31-20-18-29(33(38)35(31)40)25-13-15-27(16-14-25)44-36(41)26-11-7-23(8-12-26)22-5-9-24(10-6-22)28-17-19-30(42-4-2)34(39)32(28)37/h9,17-20,22-23,25-27H,3-8,10-16,21H2,1-2H3. The Labute approximate surface area is 258 Å². The van der Waals surface area contributed by atoms with E-state index in [0.717, 1.165) is 44.1 Å². The van der Waals surface area contributed by atoms with Crippen LogP contribution < -0.4 is 9.47 Å². The van der Waals surface area contributed by atoms with E-state index in [1.807, 2.05) is 6.92 Å². The summed E-state index contributed by atoms with van der Waals surface area (Å²) in [6, 6.07) is 6.25. The van der Waals surface area contributed by atoms with Crippen molar-refractivity contribution in [2.24, 2.45) is 17.8 Å². The highest BCUT2D eigenvalue weighted by Gasteiger charge is 2.35. The molecule has 0 N–H and O–H groups in total. The number of allylic oxidation sites excluding steroid dienone is 2. The largest absolute Gasteiger partial charge is 0.491 e. The molecule has 3 aliphatic rings. The van der Waals surface area contributed by atoms with Gasteiger partial charge in [-0.3, -0.25) is 4.79 Å². The summed E-state index contributed by atoms with van der Waals surface area (Å²) in [4.78, 5) is 13.0. The molecule has 2 aromatic carbocycles. The second kappa shape index (κ2) is 14.8. The lowest BCUT2D eigenvalue weighted by Gasteiger charge is -2.35. The van der Waals surface area contributed by atoms with Crippen LogP contribution in [0.25, 0.3) is 5.57 Å². The van der Waals surface area contributed by atoms with Crippen molar-refractivity contribution >= 4 is 11.5 Å². The first-order valence-corrected chi connectivity index (χ1v) is 16.4. The van der Waals surface area contributed by atoms with Crippen LogP contribution in [0.3, 0.4) is 0 Å². The quantitative estimate of drug-likeness (QED) is 0.197. The van der Waals surface area contributed by atoms with Gasteiger partial charge in [0, 0.05) is 5.56 Å². The Bertz CT molecular complexity index is 1330. The van der Waals surface area contributed by atoms with Gasteiger partial charge in [0.1, 0.15) is 6.10 Å². The topological polar surface area (TPSA) is 44.8 Å². The molecule has 4 nitrogen and oxygen atoms in total. The van der Waals surface area contributed by atoms with Crippen molar-refractivity contribution in [3.05, 3.63) is 64.7 Å². The molecule has 240 valence electrons. The normalized spacial score (nSPS) is 25.7. The molecule has 1 unspecified atom stereocenters. The molecule has 3 aliphatic carbocycles. The van der Waals surface area contributed by atoms with Crippen LogP contribution in [0.4, 0.5) is 17.6 Å². The number of hydrogen-bond acceptors (Lipinski definition) is 4. The first-order chi connectivity index (χ1) is 21.3. The number of carbonyl (C=O) groups excluding carboxylic acids is 1. The third kappa shape index (κ3) is 7.26. The Morgan fingerprint density at radius 1 is 0.750 bits per heavy atom. The van der Waals surface area contributed by atoms with E-state index in [-0.39, 0.29) is 42.0 Å². The van der Waals surface area contributed by atoms with Crippen molar-refractivity contribution in [1.82, 2.24) is 0 Å². The summed E-state index contributed by atoms with van der Waals surface area (Å²) < 4.78 is 74.7. The van der Waals surface area contributed by atoms with Crippen molar-refractivity contribution in [2.75, 3.05) is 13.2 Å². The Hall–Kier alpha value is -3.03. The van der Waals surface area contributed by atoms with Crippen molar-refractivity contribution < 1.29 is 36.6 Å². The van der Waals surface area contributed by atoms with Crippen molar-refractivity contribution in [3.8, 4) is 11.5 Å². The Morgan fingerprint density at radius 2 is 1.43 bits per heavy atom. The highest BCUT2D eigenvalue weighted by molar-refractivity contribution is 5.72. The van der Waals surface area contributed by atoms with Crippen LogP contribution in [0.15, 0.2) is 30.3 Å². The zero-order valence-electron chi connectivity index (χ0n) is 25.8. The summed E-state index contributed by atoms with van der Waals surface area (Å²) in [5.41, 5.74) is 1.53. The number of esters is 1. The molecule has 0 bridgehead atoms. The van der Waals surface area contributed by atoms with Crippen LogP contribution in [0.1, 0.15) is 108 Å². The highest BCUT2D eigenvalue weighted by atomic mass is 19.2. The maximum atomic E-state index is 14.8. The van der Waals surface area contributed by atoms with Gasteiger partial charge in [-0.25, -0.2) is 8.78 Å². The fourth-order valence-corrected chi connectivity index (χ4v) is 7.34. The zero-order valence-corrected chi connectivity index (χ0v) is 25.8. The number of halogens is 4. The maximum absolute atomic E-state index is 14.8. The molecular weight excluding hydrogens is 572 g/mol. The van der Waals surface area contributed by atoms with Gasteiger partial charge in [0.25, 0.3) is 0 Å². The van der Waals surface area contributed by atoms with E-state index in [4.69, 9.17) is 14.2 Å². The van der Waals surface area contributed by atoms with Gasteiger partial charge in [0.15, 0.2) is 23.1 Å². The lowest BCUT2D eigenvalue weighted by atomic mass is 9.71. The lowest BCUT2D eigenvalue weighted by Crippen LogP contribution is -2.31. The van der Waals surface area contributed by atoms with E-state index in [2.05, 4.69) is 6.08 Å². The van der Waals surface area contributed by atoms with E-state index in [0.29, 0.717) is 68.1 Å². The van der Waals surface area contributed by atoms with Crippen LogP contribution in [0.5, 0.6) is 11.5 Å². The molecule has 44 heavy (non-hydrogen) atoms. The Kier molecular flexibility index (Phi) is 10.9. The van der Waals surface area contributed by atoms with Crippen molar-refractivity contribution in [1.29, 1.82) is 0 Å². The number of benzene rings is 2. The smallest absolute Gasteiger partial charge is 0.309 e. The van der Waals surface area contributed by atoms with Gasteiger partial charge >= 0.3 is 5.97 Å². The SMILES string of the molecule is CCCOc1ccc(C2CCC(OC(=O)C3CCC(C4CC=C(c5ccc(OCC)c(F)c5F)CC4)CC3)CC2)c(F)c1F. The van der Waals surface area contributed by atoms with E-state index in [1.54, 1.807) is 19.1 Å². The van der Waals surface area contributed by atoms with Gasteiger partial charge in [-0.15, -0.1) is 0 Å². The van der Waals surface area contributed by atoms with Crippen LogP contribution in [0, 0.1) is 41.0 Å². The van der Waals surface area contributed by atoms with Gasteiger partial charge in [-0.1, -0.05) is 19.1 Å². The zero-order chi connectivity index (χ0) is 31.2. The van der Waals surface area contributed by atoms with Gasteiger partial charge < -0.3 is 14.2 Å². The molecule has 0 amide bonds. The minimum atomic E-state index is -0.932. The summed E-state index contributed by atoms with van der Waals surface area (Å²) >= 11 is 0. The van der Waals surface area contributed by atoms with Gasteiger partial charge in [0.2, 0.25) is 11.6 Å².